The lowest BCUT2D eigenvalue weighted by atomic mass is 10.1. The van der Waals surface area contributed by atoms with Crippen molar-refractivity contribution in [2.24, 2.45) is 0 Å². The average molecular weight is 532 g/mol. The predicted octanol–water partition coefficient (Wildman–Crippen LogP) is 4.87. The predicted molar refractivity (Wildman–Crippen MR) is 137 cm³/mol. The number of anilines is 2. The molecule has 1 heterocycles. The van der Waals surface area contributed by atoms with Crippen LogP contribution in [0.4, 0.5) is 24.5 Å². The zero-order chi connectivity index (χ0) is 26.8. The Bertz CT molecular complexity index is 1370. The number of alkyl halides is 3. The molecule has 0 radical (unpaired) electrons. The van der Waals surface area contributed by atoms with Crippen molar-refractivity contribution in [2.45, 2.75) is 24.9 Å². The van der Waals surface area contributed by atoms with Crippen molar-refractivity contribution in [1.29, 1.82) is 0 Å². The van der Waals surface area contributed by atoms with E-state index in [2.05, 4.69) is 0 Å². The second kappa shape index (κ2) is 10.5. The summed E-state index contributed by atoms with van der Waals surface area (Å²) >= 11 is 0. The summed E-state index contributed by atoms with van der Waals surface area (Å²) in [5, 5.41) is 0. The van der Waals surface area contributed by atoms with Crippen LogP contribution in [0, 0.1) is 13.8 Å². The molecule has 1 amide bonds. The number of sulfonamides is 1. The van der Waals surface area contributed by atoms with E-state index < -0.39 is 21.8 Å². The topological polar surface area (TPSA) is 60.9 Å². The molecule has 1 fully saturated rings. The second-order valence-corrected chi connectivity index (χ2v) is 10.9. The lowest BCUT2D eigenvalue weighted by molar-refractivity contribution is -0.137. The van der Waals surface area contributed by atoms with Crippen molar-refractivity contribution in [3.8, 4) is 0 Å². The molecule has 0 atom stereocenters. The SMILES string of the molecule is Cc1ccc(C)c(N(CC(=O)N2CCN(c3cccc(C(F)(F)F)c3)CC2)S(=O)(=O)c2ccccc2)c1. The van der Waals surface area contributed by atoms with E-state index in [0.717, 1.165) is 22.0 Å². The molecule has 3 aromatic carbocycles. The molecule has 196 valence electrons. The van der Waals surface area contributed by atoms with E-state index in [1.165, 1.54) is 18.2 Å². The molecule has 3 aromatic rings. The van der Waals surface area contributed by atoms with Gasteiger partial charge in [0.25, 0.3) is 10.0 Å². The van der Waals surface area contributed by atoms with Crippen LogP contribution < -0.4 is 9.21 Å². The number of halogens is 3. The second-order valence-electron chi connectivity index (χ2n) is 9.03. The van der Waals surface area contributed by atoms with Crippen molar-refractivity contribution in [3.63, 3.8) is 0 Å². The molecule has 0 saturated carbocycles. The molecule has 0 spiro atoms. The van der Waals surface area contributed by atoms with E-state index in [-0.39, 0.29) is 30.4 Å². The molecule has 0 aromatic heterocycles. The minimum absolute atomic E-state index is 0.0815. The minimum atomic E-state index is -4.44. The Hall–Kier alpha value is -3.53. The Kier molecular flexibility index (Phi) is 7.49. The van der Waals surface area contributed by atoms with E-state index in [1.54, 1.807) is 47.1 Å². The highest BCUT2D eigenvalue weighted by Gasteiger charge is 2.33. The third-order valence-corrected chi connectivity index (χ3v) is 8.19. The van der Waals surface area contributed by atoms with Gasteiger partial charge in [-0.25, -0.2) is 8.42 Å². The Labute approximate surface area is 215 Å². The summed E-state index contributed by atoms with van der Waals surface area (Å²) in [6, 6.07) is 18.5. The molecule has 0 N–H and O–H groups in total. The van der Waals surface area contributed by atoms with Gasteiger partial charge < -0.3 is 9.80 Å². The number of piperazine rings is 1. The molecule has 1 aliphatic rings. The Morgan fingerprint density at radius 2 is 1.57 bits per heavy atom. The fourth-order valence-corrected chi connectivity index (χ4v) is 5.81. The van der Waals surface area contributed by atoms with Crippen LogP contribution in [0.1, 0.15) is 16.7 Å². The van der Waals surface area contributed by atoms with Crippen LogP contribution in [-0.4, -0.2) is 51.9 Å². The van der Waals surface area contributed by atoms with Crippen molar-refractivity contribution in [3.05, 3.63) is 89.5 Å². The molecule has 0 aliphatic carbocycles. The van der Waals surface area contributed by atoms with Crippen LogP contribution in [0.15, 0.2) is 77.7 Å². The number of hydrogen-bond donors (Lipinski definition) is 0. The molecule has 0 bridgehead atoms. The lowest BCUT2D eigenvalue weighted by Crippen LogP contribution is -2.52. The fraction of sp³-hybridized carbons (Fsp3) is 0.296. The summed E-state index contributed by atoms with van der Waals surface area (Å²) in [7, 11) is -4.03. The zero-order valence-corrected chi connectivity index (χ0v) is 21.4. The Balaban J connectivity index is 1.54. The van der Waals surface area contributed by atoms with Crippen LogP contribution in [0.2, 0.25) is 0 Å². The van der Waals surface area contributed by atoms with Gasteiger partial charge in [0.05, 0.1) is 16.1 Å². The molecule has 37 heavy (non-hydrogen) atoms. The molecule has 4 rings (SSSR count). The van der Waals surface area contributed by atoms with E-state index in [0.29, 0.717) is 30.0 Å². The van der Waals surface area contributed by atoms with Gasteiger partial charge in [0.2, 0.25) is 5.91 Å². The highest BCUT2D eigenvalue weighted by molar-refractivity contribution is 7.92. The van der Waals surface area contributed by atoms with Gasteiger partial charge in [-0.3, -0.25) is 9.10 Å². The molecule has 10 heteroatoms. The van der Waals surface area contributed by atoms with Crippen molar-refractivity contribution in [1.82, 2.24) is 4.90 Å². The van der Waals surface area contributed by atoms with Crippen LogP contribution in [-0.2, 0) is 21.0 Å². The van der Waals surface area contributed by atoms with Gasteiger partial charge in [-0.1, -0.05) is 36.4 Å². The first-order valence-corrected chi connectivity index (χ1v) is 13.3. The number of nitrogens with zero attached hydrogens (tertiary/aromatic N) is 3. The van der Waals surface area contributed by atoms with E-state index in [1.807, 2.05) is 19.1 Å². The van der Waals surface area contributed by atoms with Gasteiger partial charge in [0, 0.05) is 31.9 Å². The molecule has 6 nitrogen and oxygen atoms in total. The Morgan fingerprint density at radius 1 is 0.892 bits per heavy atom. The zero-order valence-electron chi connectivity index (χ0n) is 20.6. The number of aryl methyl sites for hydroxylation is 2. The van der Waals surface area contributed by atoms with Crippen molar-refractivity contribution >= 4 is 27.3 Å². The maximum absolute atomic E-state index is 13.6. The molecule has 1 aliphatic heterocycles. The highest BCUT2D eigenvalue weighted by Crippen LogP contribution is 2.32. The number of hydrogen-bond acceptors (Lipinski definition) is 4. The maximum Gasteiger partial charge on any atom is 0.416 e. The number of amides is 1. The monoisotopic (exact) mass is 531 g/mol. The van der Waals surface area contributed by atoms with Crippen LogP contribution in [0.3, 0.4) is 0 Å². The smallest absolute Gasteiger partial charge is 0.368 e. The summed E-state index contributed by atoms with van der Waals surface area (Å²) in [6.45, 7) is 4.46. The Morgan fingerprint density at radius 3 is 2.22 bits per heavy atom. The summed E-state index contributed by atoms with van der Waals surface area (Å²) < 4.78 is 67.7. The first kappa shape index (κ1) is 26.5. The number of benzene rings is 3. The quantitative estimate of drug-likeness (QED) is 0.456. The first-order chi connectivity index (χ1) is 17.5. The largest absolute Gasteiger partial charge is 0.416 e. The molecule has 0 unspecified atom stereocenters. The molecular weight excluding hydrogens is 503 g/mol. The van der Waals surface area contributed by atoms with Gasteiger partial charge >= 0.3 is 6.18 Å². The van der Waals surface area contributed by atoms with E-state index in [9.17, 15) is 26.4 Å². The van der Waals surface area contributed by atoms with E-state index in [4.69, 9.17) is 0 Å². The van der Waals surface area contributed by atoms with Crippen molar-refractivity contribution in [2.75, 3.05) is 41.9 Å². The number of carbonyl (C=O) groups excluding carboxylic acids is 1. The van der Waals surface area contributed by atoms with Crippen LogP contribution >= 0.6 is 0 Å². The standard InChI is InChI=1S/C27H28F3N3O3S/c1-20-11-12-21(2)25(17-20)33(37(35,36)24-9-4-3-5-10-24)19-26(34)32-15-13-31(14-16-32)23-8-6-7-22(18-23)27(28,29)30/h3-12,17-18H,13-16,19H2,1-2H3. The van der Waals surface area contributed by atoms with E-state index >= 15 is 0 Å². The summed E-state index contributed by atoms with van der Waals surface area (Å²) in [5.41, 5.74) is 1.72. The molecule has 1 saturated heterocycles. The van der Waals surface area contributed by atoms with Gasteiger partial charge in [0.15, 0.2) is 0 Å². The summed E-state index contributed by atoms with van der Waals surface area (Å²) in [4.78, 5) is 16.8. The maximum atomic E-state index is 13.6. The number of rotatable bonds is 6. The van der Waals surface area contributed by atoms with Crippen LogP contribution in [0.25, 0.3) is 0 Å². The van der Waals surface area contributed by atoms with Gasteiger partial charge in [0.1, 0.15) is 6.54 Å². The highest BCUT2D eigenvalue weighted by atomic mass is 32.2. The van der Waals surface area contributed by atoms with Gasteiger partial charge in [-0.15, -0.1) is 0 Å². The summed E-state index contributed by atoms with van der Waals surface area (Å²) in [6.07, 6.45) is -4.44. The lowest BCUT2D eigenvalue weighted by Gasteiger charge is -2.37. The summed E-state index contributed by atoms with van der Waals surface area (Å²) in [5.74, 6) is -0.371. The van der Waals surface area contributed by atoms with Gasteiger partial charge in [-0.05, 0) is 61.4 Å². The fourth-order valence-electron chi connectivity index (χ4n) is 4.32. The normalized spacial score (nSPS) is 14.5. The van der Waals surface area contributed by atoms with Gasteiger partial charge in [-0.2, -0.15) is 13.2 Å². The third kappa shape index (κ3) is 5.90. The minimum Gasteiger partial charge on any atom is -0.368 e. The first-order valence-electron chi connectivity index (χ1n) is 11.8. The molecular formula is C27H28F3N3O3S. The third-order valence-electron chi connectivity index (χ3n) is 6.41. The van der Waals surface area contributed by atoms with Crippen molar-refractivity contribution < 1.29 is 26.4 Å². The number of carbonyl (C=O) groups is 1. The van der Waals surface area contributed by atoms with Crippen LogP contribution in [0.5, 0.6) is 0 Å². The average Bonchev–Trinajstić information content (AvgIpc) is 2.89.